The topological polar surface area (TPSA) is 247 Å². The molecule has 2 atom stereocenters. The van der Waals surface area contributed by atoms with Crippen LogP contribution in [0.5, 0.6) is 0 Å². The van der Waals surface area contributed by atoms with E-state index in [4.69, 9.17) is 29.8 Å². The van der Waals surface area contributed by atoms with Gasteiger partial charge in [-0.3, -0.25) is 14.8 Å². The van der Waals surface area contributed by atoms with Gasteiger partial charge in [-0.25, -0.2) is 24.0 Å². The summed E-state index contributed by atoms with van der Waals surface area (Å²) in [6.07, 6.45) is 2.04. The lowest BCUT2D eigenvalue weighted by Gasteiger charge is -2.18. The maximum atomic E-state index is 12.9. The summed E-state index contributed by atoms with van der Waals surface area (Å²) in [7, 11) is 0. The summed E-state index contributed by atoms with van der Waals surface area (Å²) >= 11 is 2.61. The number of aromatic nitrogens is 2. The van der Waals surface area contributed by atoms with E-state index >= 15 is 0 Å². The Morgan fingerprint density at radius 3 is 1.29 bits per heavy atom. The predicted molar refractivity (Wildman–Crippen MR) is 293 cm³/mol. The SMILES string of the molecule is Cc1cnc2cc(C(=O)NC[C@@H](NC(=O)OCc3ccccc3)C(=O)OCc3ccccc3)sc2c1C.Cc1cnc2cc(C(=O)O)sc2c1C.Cl.NC[C@@H](NC(=O)OCc1ccccc1)C(=O)OCc1ccccc1. The number of nitrogens with zero attached hydrogens (tertiary/aromatic N) is 2. The number of hydrogen-bond acceptors (Lipinski definition) is 15. The number of hydrogen-bond donors (Lipinski definition) is 5. The third-order valence-electron chi connectivity index (χ3n) is 11.2. The molecule has 4 aromatic heterocycles. The van der Waals surface area contributed by atoms with Crippen LogP contribution < -0.4 is 21.7 Å². The lowest BCUT2D eigenvalue weighted by Crippen LogP contribution is -2.49. The molecular formula is C56H57ClN6O11S2. The van der Waals surface area contributed by atoms with Crippen LogP contribution >= 0.6 is 35.1 Å². The number of aromatic carboxylic acids is 1. The summed E-state index contributed by atoms with van der Waals surface area (Å²) in [6, 6.07) is 38.1. The van der Waals surface area contributed by atoms with E-state index in [0.29, 0.717) is 9.75 Å². The molecule has 8 rings (SSSR count). The molecule has 6 N–H and O–H groups in total. The Kier molecular flexibility index (Phi) is 22.9. The van der Waals surface area contributed by atoms with Crippen molar-refractivity contribution in [2.24, 2.45) is 5.73 Å². The summed E-state index contributed by atoms with van der Waals surface area (Å²) in [5, 5.41) is 16.5. The molecule has 396 valence electrons. The lowest BCUT2D eigenvalue weighted by molar-refractivity contribution is -0.148. The molecule has 0 saturated heterocycles. The van der Waals surface area contributed by atoms with E-state index in [1.165, 1.54) is 22.7 Å². The number of rotatable bonds is 17. The van der Waals surface area contributed by atoms with Gasteiger partial charge in [0.05, 0.1) is 25.3 Å². The van der Waals surface area contributed by atoms with E-state index in [1.807, 2.05) is 149 Å². The number of carbonyl (C=O) groups excluding carboxylic acids is 5. The van der Waals surface area contributed by atoms with Crippen molar-refractivity contribution in [2.45, 2.75) is 66.2 Å². The van der Waals surface area contributed by atoms with Crippen molar-refractivity contribution in [1.29, 1.82) is 0 Å². The van der Waals surface area contributed by atoms with Gasteiger partial charge in [0.1, 0.15) is 43.4 Å². The molecule has 0 spiro atoms. The van der Waals surface area contributed by atoms with Crippen LogP contribution in [-0.4, -0.2) is 76.2 Å². The standard InChI is InChI=1S/C28H27N3O5S.C18H20N2O4.C10H9NO2S.ClH/c1-18-14-29-22-13-24(37-25(22)19(18)2)26(32)30-15-23(27(33)35-16-20-9-5-3-6-10-20)31-28(34)36-17-21-11-7-4-8-12-21;19-11-16(17(21)23-12-14-7-3-1-4-8-14)20-18(22)24-13-15-9-5-2-6-10-15;1-5-4-11-7-3-8(10(12)13)14-9(7)6(5)2;/h3-14,23H,15-17H2,1-2H3,(H,30,32)(H,31,34);1-10,16H,11-13,19H2,(H,20,22);3-4H,1-2H3,(H,12,13);1H/t23-;16-;;/m11../s1. The molecule has 0 aliphatic heterocycles. The Hall–Kier alpha value is -8.23. The van der Waals surface area contributed by atoms with Crippen LogP contribution in [0.3, 0.4) is 0 Å². The minimum atomic E-state index is -1.15. The number of ether oxygens (including phenoxy) is 4. The second-order valence-electron chi connectivity index (χ2n) is 16.7. The van der Waals surface area contributed by atoms with Crippen molar-refractivity contribution in [3.05, 3.63) is 200 Å². The van der Waals surface area contributed by atoms with Crippen LogP contribution in [0.15, 0.2) is 146 Å². The molecule has 4 aromatic carbocycles. The molecule has 76 heavy (non-hydrogen) atoms. The van der Waals surface area contributed by atoms with E-state index in [0.717, 1.165) is 64.9 Å². The van der Waals surface area contributed by atoms with Crippen molar-refractivity contribution in [3.63, 3.8) is 0 Å². The van der Waals surface area contributed by atoms with Gasteiger partial charge >= 0.3 is 30.1 Å². The van der Waals surface area contributed by atoms with Gasteiger partial charge in [-0.15, -0.1) is 35.1 Å². The number of alkyl carbamates (subject to hydrolysis) is 2. The smallest absolute Gasteiger partial charge is 0.408 e. The number of aryl methyl sites for hydroxylation is 4. The number of nitrogens with one attached hydrogen (secondary N) is 3. The van der Waals surface area contributed by atoms with Crippen LogP contribution in [0.2, 0.25) is 0 Å². The fourth-order valence-corrected chi connectivity index (χ4v) is 8.85. The fourth-order valence-electron chi connectivity index (χ4n) is 6.76. The number of carboxylic acids is 1. The first-order valence-corrected chi connectivity index (χ1v) is 25.1. The predicted octanol–water partition coefficient (Wildman–Crippen LogP) is 9.70. The van der Waals surface area contributed by atoms with Gasteiger partial charge in [-0.05, 0) is 84.3 Å². The van der Waals surface area contributed by atoms with Crippen molar-refractivity contribution in [3.8, 4) is 0 Å². The van der Waals surface area contributed by atoms with Crippen LogP contribution in [0.25, 0.3) is 20.4 Å². The Morgan fingerprint density at radius 1 is 0.539 bits per heavy atom. The maximum absolute atomic E-state index is 12.9. The molecule has 0 aliphatic carbocycles. The van der Waals surface area contributed by atoms with Gasteiger partial charge in [-0.1, -0.05) is 121 Å². The summed E-state index contributed by atoms with van der Waals surface area (Å²) < 4.78 is 22.8. The fraction of sp³-hybridized carbons (Fsp3) is 0.214. The summed E-state index contributed by atoms with van der Waals surface area (Å²) in [6.45, 7) is 7.98. The number of benzene rings is 4. The zero-order chi connectivity index (χ0) is 53.7. The third-order valence-corrected chi connectivity index (χ3v) is 13.7. The lowest BCUT2D eigenvalue weighted by atomic mass is 10.2. The molecule has 0 unspecified atom stereocenters. The van der Waals surface area contributed by atoms with E-state index in [2.05, 4.69) is 25.9 Å². The van der Waals surface area contributed by atoms with E-state index in [9.17, 15) is 28.8 Å². The Balaban J connectivity index is 0.000000233. The summed E-state index contributed by atoms with van der Waals surface area (Å²) in [5.41, 5.74) is 14.7. The number of halogens is 1. The number of fused-ring (bicyclic) bond motifs is 2. The minimum absolute atomic E-state index is 0. The number of esters is 2. The molecule has 0 radical (unpaired) electrons. The van der Waals surface area contributed by atoms with Gasteiger partial charge in [0.25, 0.3) is 5.91 Å². The van der Waals surface area contributed by atoms with E-state index in [-0.39, 0.29) is 57.8 Å². The van der Waals surface area contributed by atoms with Gasteiger partial charge in [0.15, 0.2) is 0 Å². The number of pyridine rings is 2. The molecular weight excluding hydrogens is 1030 g/mol. The monoisotopic (exact) mass is 1090 g/mol. The summed E-state index contributed by atoms with van der Waals surface area (Å²) in [5.74, 6) is -2.55. The van der Waals surface area contributed by atoms with Crippen LogP contribution in [-0.2, 0) is 55.0 Å². The van der Waals surface area contributed by atoms with Crippen molar-refractivity contribution in [2.75, 3.05) is 13.1 Å². The zero-order valence-corrected chi connectivity index (χ0v) is 44.4. The maximum Gasteiger partial charge on any atom is 0.408 e. The highest BCUT2D eigenvalue weighted by molar-refractivity contribution is 7.21. The molecule has 17 nitrogen and oxygen atoms in total. The molecule has 0 fully saturated rings. The second kappa shape index (κ2) is 29.6. The average Bonchev–Trinajstić information content (AvgIpc) is 4.09. The van der Waals surface area contributed by atoms with E-state index < -0.39 is 42.2 Å². The van der Waals surface area contributed by atoms with Gasteiger partial charge < -0.3 is 45.7 Å². The van der Waals surface area contributed by atoms with Crippen molar-refractivity contribution < 1.29 is 52.8 Å². The molecule has 3 amide bonds. The largest absolute Gasteiger partial charge is 0.477 e. The molecule has 20 heteroatoms. The minimum Gasteiger partial charge on any atom is -0.477 e. The highest BCUT2D eigenvalue weighted by atomic mass is 35.5. The third kappa shape index (κ3) is 17.7. The highest BCUT2D eigenvalue weighted by Crippen LogP contribution is 2.29. The van der Waals surface area contributed by atoms with Gasteiger partial charge in [-0.2, -0.15) is 0 Å². The molecule has 0 aliphatic rings. The zero-order valence-electron chi connectivity index (χ0n) is 42.0. The molecule has 0 bridgehead atoms. The van der Waals surface area contributed by atoms with Crippen LogP contribution in [0, 0.1) is 27.7 Å². The van der Waals surface area contributed by atoms with Gasteiger partial charge in [0.2, 0.25) is 0 Å². The van der Waals surface area contributed by atoms with Crippen molar-refractivity contribution >= 4 is 91.5 Å². The Bertz CT molecular complexity index is 3200. The number of thiophene rings is 2. The first-order valence-electron chi connectivity index (χ1n) is 23.5. The highest BCUT2D eigenvalue weighted by Gasteiger charge is 2.26. The number of nitrogens with two attached hydrogens (primary N) is 1. The quantitative estimate of drug-likeness (QED) is 0.0421. The number of amides is 3. The summed E-state index contributed by atoms with van der Waals surface area (Å²) in [4.78, 5) is 82.1. The molecule has 8 aromatic rings. The van der Waals surface area contributed by atoms with Crippen molar-refractivity contribution in [1.82, 2.24) is 25.9 Å². The van der Waals surface area contributed by atoms with Gasteiger partial charge in [0, 0.05) is 25.5 Å². The Morgan fingerprint density at radius 2 is 0.895 bits per heavy atom. The molecule has 0 saturated carbocycles. The van der Waals surface area contributed by atoms with E-state index in [1.54, 1.807) is 24.5 Å². The first kappa shape index (κ1) is 58.7. The van der Waals surface area contributed by atoms with Crippen LogP contribution in [0.1, 0.15) is 63.9 Å². The average molecular weight is 1090 g/mol. The Labute approximate surface area is 453 Å². The molecule has 4 heterocycles. The first-order chi connectivity index (χ1) is 36.2. The number of carboxylic acid groups (broad SMARTS) is 1. The van der Waals surface area contributed by atoms with Crippen LogP contribution in [0.4, 0.5) is 9.59 Å². The second-order valence-corrected chi connectivity index (χ2v) is 18.8. The number of carbonyl (C=O) groups is 6. The normalized spacial score (nSPS) is 11.2.